The first-order chi connectivity index (χ1) is 13.5. The monoisotopic (exact) mass is 399 g/mol. The molecule has 0 bridgehead atoms. The Morgan fingerprint density at radius 3 is 2.75 bits per heavy atom. The van der Waals surface area contributed by atoms with E-state index in [-0.39, 0.29) is 18.2 Å². The highest BCUT2D eigenvalue weighted by molar-refractivity contribution is 8.15. The third kappa shape index (κ3) is 4.83. The molecule has 2 aromatic carbocycles. The fourth-order valence-electron chi connectivity index (χ4n) is 2.69. The molecule has 146 valence electrons. The fraction of sp³-hybridized carbons (Fsp3) is 0.250. The molecule has 1 saturated heterocycles. The van der Waals surface area contributed by atoms with Crippen LogP contribution in [0, 0.1) is 6.92 Å². The van der Waals surface area contributed by atoms with Gasteiger partial charge < -0.3 is 20.1 Å². The predicted molar refractivity (Wildman–Crippen MR) is 111 cm³/mol. The van der Waals surface area contributed by atoms with Gasteiger partial charge in [0, 0.05) is 12.5 Å². The van der Waals surface area contributed by atoms with E-state index in [2.05, 4.69) is 15.6 Å². The molecule has 1 atom stereocenters. The molecular formula is C20H21N3O4S. The van der Waals surface area contributed by atoms with E-state index in [0.29, 0.717) is 22.4 Å². The number of aliphatic imine (C=N–C) groups is 1. The van der Waals surface area contributed by atoms with Gasteiger partial charge in [0.05, 0.1) is 25.6 Å². The minimum Gasteiger partial charge on any atom is -0.497 e. The maximum Gasteiger partial charge on any atom is 0.240 e. The zero-order chi connectivity index (χ0) is 20.1. The van der Waals surface area contributed by atoms with Crippen LogP contribution in [0.25, 0.3) is 0 Å². The molecule has 0 radical (unpaired) electrons. The number of carbonyl (C=O) groups is 2. The van der Waals surface area contributed by atoms with Gasteiger partial charge in [-0.1, -0.05) is 23.9 Å². The average molecular weight is 399 g/mol. The summed E-state index contributed by atoms with van der Waals surface area (Å²) in [6.07, 6.45) is 0.0176. The third-order valence-electron chi connectivity index (χ3n) is 4.06. The number of hydrogen-bond donors (Lipinski definition) is 2. The van der Waals surface area contributed by atoms with Crippen LogP contribution in [-0.4, -0.2) is 36.5 Å². The quantitative estimate of drug-likeness (QED) is 0.778. The average Bonchev–Trinajstić information content (AvgIpc) is 3.00. The van der Waals surface area contributed by atoms with Gasteiger partial charge in [0.15, 0.2) is 5.17 Å². The molecule has 1 heterocycles. The summed E-state index contributed by atoms with van der Waals surface area (Å²) >= 11 is 1.25. The Hall–Kier alpha value is -3.00. The fourth-order valence-corrected chi connectivity index (χ4v) is 3.68. The molecule has 0 saturated carbocycles. The van der Waals surface area contributed by atoms with Gasteiger partial charge in [-0.3, -0.25) is 9.59 Å². The molecule has 2 aromatic rings. The Morgan fingerprint density at radius 2 is 2.04 bits per heavy atom. The van der Waals surface area contributed by atoms with Gasteiger partial charge in [0.2, 0.25) is 11.8 Å². The van der Waals surface area contributed by atoms with Crippen molar-refractivity contribution in [1.29, 1.82) is 0 Å². The zero-order valence-electron chi connectivity index (χ0n) is 15.8. The molecule has 3 rings (SSSR count). The minimum absolute atomic E-state index is 0.0176. The SMILES string of the molecule is COc1ccc(OC)c(NC(=O)C[C@H]2SC(=Nc3cccc(C)c3)NC2=O)c1. The lowest BCUT2D eigenvalue weighted by Gasteiger charge is -2.12. The van der Waals surface area contributed by atoms with Gasteiger partial charge >= 0.3 is 0 Å². The van der Waals surface area contributed by atoms with E-state index in [0.717, 1.165) is 11.3 Å². The maximum absolute atomic E-state index is 12.5. The molecule has 1 aliphatic rings. The number of hydrogen-bond acceptors (Lipinski definition) is 6. The minimum atomic E-state index is -0.542. The van der Waals surface area contributed by atoms with E-state index in [1.54, 1.807) is 25.3 Å². The normalized spacial score (nSPS) is 17.3. The van der Waals surface area contributed by atoms with Gasteiger partial charge in [0.25, 0.3) is 0 Å². The van der Waals surface area contributed by atoms with Crippen molar-refractivity contribution in [2.24, 2.45) is 4.99 Å². The Kier molecular flexibility index (Phi) is 6.20. The summed E-state index contributed by atoms with van der Waals surface area (Å²) in [7, 11) is 3.06. The van der Waals surface area contributed by atoms with Crippen LogP contribution in [0.2, 0.25) is 0 Å². The van der Waals surface area contributed by atoms with Gasteiger partial charge in [-0.05, 0) is 36.8 Å². The second-order valence-corrected chi connectivity index (χ2v) is 7.36. The molecule has 8 heteroatoms. The van der Waals surface area contributed by atoms with Crippen molar-refractivity contribution in [3.05, 3.63) is 48.0 Å². The molecule has 28 heavy (non-hydrogen) atoms. The van der Waals surface area contributed by atoms with Crippen LogP contribution >= 0.6 is 11.8 Å². The number of amides is 2. The second-order valence-electron chi connectivity index (χ2n) is 6.17. The Bertz CT molecular complexity index is 929. The van der Waals surface area contributed by atoms with Crippen molar-refractivity contribution in [2.75, 3.05) is 19.5 Å². The van der Waals surface area contributed by atoms with E-state index in [1.807, 2.05) is 31.2 Å². The molecule has 0 spiro atoms. The standard InChI is InChI=1S/C20H21N3O4S/c1-12-5-4-6-13(9-12)21-20-23-19(25)17(28-20)11-18(24)22-15-10-14(26-2)7-8-16(15)27-3/h4-10,17H,11H2,1-3H3,(H,22,24)(H,21,23,25)/t17-/m1/s1. The third-order valence-corrected chi connectivity index (χ3v) is 5.14. The number of ether oxygens (including phenoxy) is 2. The summed E-state index contributed by atoms with van der Waals surface area (Å²) in [6, 6.07) is 12.8. The topological polar surface area (TPSA) is 89.0 Å². The lowest BCUT2D eigenvalue weighted by molar-refractivity contribution is -0.122. The van der Waals surface area contributed by atoms with Gasteiger partial charge in [-0.2, -0.15) is 0 Å². The molecule has 0 aliphatic carbocycles. The number of anilines is 1. The second kappa shape index (κ2) is 8.79. The molecule has 1 fully saturated rings. The zero-order valence-corrected chi connectivity index (χ0v) is 16.6. The Balaban J connectivity index is 1.65. The summed E-state index contributed by atoms with van der Waals surface area (Å²) in [5.41, 5.74) is 2.33. The number of carbonyl (C=O) groups excluding carboxylic acids is 2. The number of amidine groups is 1. The van der Waals surface area contributed by atoms with Crippen LogP contribution in [0.3, 0.4) is 0 Å². The molecular weight excluding hydrogens is 378 g/mol. The van der Waals surface area contributed by atoms with Crippen LogP contribution in [0.4, 0.5) is 11.4 Å². The van der Waals surface area contributed by atoms with Crippen molar-refractivity contribution in [3.8, 4) is 11.5 Å². The van der Waals surface area contributed by atoms with Crippen molar-refractivity contribution >= 4 is 40.1 Å². The van der Waals surface area contributed by atoms with Crippen molar-refractivity contribution in [3.63, 3.8) is 0 Å². The number of methoxy groups -OCH3 is 2. The van der Waals surface area contributed by atoms with E-state index >= 15 is 0 Å². The largest absolute Gasteiger partial charge is 0.497 e. The summed E-state index contributed by atoms with van der Waals surface area (Å²) in [5, 5.41) is 5.46. The summed E-state index contributed by atoms with van der Waals surface area (Å²) in [5.74, 6) is 0.580. The molecule has 7 nitrogen and oxygen atoms in total. The number of aryl methyl sites for hydroxylation is 1. The van der Waals surface area contributed by atoms with E-state index in [1.165, 1.54) is 18.9 Å². The molecule has 0 aromatic heterocycles. The smallest absolute Gasteiger partial charge is 0.240 e. The highest BCUT2D eigenvalue weighted by atomic mass is 32.2. The van der Waals surface area contributed by atoms with E-state index in [4.69, 9.17) is 9.47 Å². The summed E-state index contributed by atoms with van der Waals surface area (Å²) in [6.45, 7) is 1.98. The van der Waals surface area contributed by atoms with Crippen LogP contribution in [-0.2, 0) is 9.59 Å². The van der Waals surface area contributed by atoms with Crippen molar-refractivity contribution < 1.29 is 19.1 Å². The number of rotatable bonds is 6. The van der Waals surface area contributed by atoms with E-state index < -0.39 is 5.25 Å². The van der Waals surface area contributed by atoms with Crippen molar-refractivity contribution in [1.82, 2.24) is 5.32 Å². The number of nitrogens with zero attached hydrogens (tertiary/aromatic N) is 1. The number of nitrogens with one attached hydrogen (secondary N) is 2. The predicted octanol–water partition coefficient (Wildman–Crippen LogP) is 3.26. The highest BCUT2D eigenvalue weighted by Gasteiger charge is 2.32. The summed E-state index contributed by atoms with van der Waals surface area (Å²) in [4.78, 5) is 29.1. The van der Waals surface area contributed by atoms with Gasteiger partial charge in [0.1, 0.15) is 16.7 Å². The van der Waals surface area contributed by atoms with Crippen LogP contribution in [0.1, 0.15) is 12.0 Å². The Morgan fingerprint density at radius 1 is 1.21 bits per heavy atom. The first-order valence-corrected chi connectivity index (χ1v) is 9.51. The number of benzene rings is 2. The van der Waals surface area contributed by atoms with Crippen molar-refractivity contribution in [2.45, 2.75) is 18.6 Å². The Labute approximate surface area is 167 Å². The van der Waals surface area contributed by atoms with E-state index in [9.17, 15) is 9.59 Å². The van der Waals surface area contributed by atoms with Crippen LogP contribution < -0.4 is 20.1 Å². The first-order valence-electron chi connectivity index (χ1n) is 8.63. The van der Waals surface area contributed by atoms with Crippen LogP contribution in [0.15, 0.2) is 47.5 Å². The molecule has 0 unspecified atom stereocenters. The number of thioether (sulfide) groups is 1. The lowest BCUT2D eigenvalue weighted by atomic mass is 10.2. The summed E-state index contributed by atoms with van der Waals surface area (Å²) < 4.78 is 10.4. The molecule has 1 aliphatic heterocycles. The lowest BCUT2D eigenvalue weighted by Crippen LogP contribution is -2.28. The first kappa shape index (κ1) is 19.8. The molecule has 2 N–H and O–H groups in total. The van der Waals surface area contributed by atoms with Gasteiger partial charge in [-0.25, -0.2) is 4.99 Å². The highest BCUT2D eigenvalue weighted by Crippen LogP contribution is 2.30. The molecule has 2 amide bonds. The van der Waals surface area contributed by atoms with Gasteiger partial charge in [-0.15, -0.1) is 0 Å². The maximum atomic E-state index is 12.5. The van der Waals surface area contributed by atoms with Crippen LogP contribution in [0.5, 0.6) is 11.5 Å².